The summed E-state index contributed by atoms with van der Waals surface area (Å²) in [5, 5.41) is 0.817. The summed E-state index contributed by atoms with van der Waals surface area (Å²) in [6, 6.07) is 8.10. The van der Waals surface area contributed by atoms with Gasteiger partial charge in [0.05, 0.1) is 7.11 Å². The van der Waals surface area contributed by atoms with E-state index in [1.54, 1.807) is 18.9 Å². The molecule has 1 aliphatic heterocycles. The quantitative estimate of drug-likeness (QED) is 0.371. The van der Waals surface area contributed by atoms with Crippen molar-refractivity contribution in [2.24, 2.45) is 5.92 Å². The highest BCUT2D eigenvalue weighted by Gasteiger charge is 2.22. The van der Waals surface area contributed by atoms with E-state index >= 15 is 0 Å². The van der Waals surface area contributed by atoms with Gasteiger partial charge < -0.3 is 24.9 Å². The van der Waals surface area contributed by atoms with Crippen LogP contribution in [0, 0.1) is 5.92 Å². The molecule has 1 amide bonds. The number of aryl methyl sites for hydroxylation is 1. The summed E-state index contributed by atoms with van der Waals surface area (Å²) in [4.78, 5) is 30.6. The zero-order valence-electron chi connectivity index (χ0n) is 19.0. The molecule has 0 radical (unpaired) electrons. The molecule has 0 unspecified atom stereocenters. The Morgan fingerprint density at radius 3 is 2.85 bits per heavy atom. The van der Waals surface area contributed by atoms with Crippen LogP contribution in [0.2, 0.25) is 0 Å². The van der Waals surface area contributed by atoms with E-state index in [4.69, 9.17) is 15.5 Å². The average molecular weight is 478 g/mol. The number of rotatable bonds is 8. The van der Waals surface area contributed by atoms with Crippen molar-refractivity contribution in [3.05, 3.63) is 43.0 Å². The fourth-order valence-electron chi connectivity index (χ4n) is 4.41. The predicted octanol–water partition coefficient (Wildman–Crippen LogP) is 3.82. The van der Waals surface area contributed by atoms with E-state index in [1.807, 2.05) is 35.5 Å². The topological polar surface area (TPSA) is 115 Å². The van der Waals surface area contributed by atoms with Gasteiger partial charge in [0.1, 0.15) is 12.1 Å². The molecule has 3 N–H and O–H groups in total. The summed E-state index contributed by atoms with van der Waals surface area (Å²) in [6.07, 6.45) is 9.34. The van der Waals surface area contributed by atoms with Crippen LogP contribution in [-0.4, -0.2) is 56.0 Å². The Bertz CT molecular complexity index is 1280. The molecule has 0 aliphatic carbocycles. The maximum Gasteiger partial charge on any atom is 0.209 e. The number of piperidine rings is 1. The van der Waals surface area contributed by atoms with E-state index in [0.717, 1.165) is 77.9 Å². The number of carbonyl (C=O) groups is 1. The molecule has 10 heteroatoms. The highest BCUT2D eigenvalue weighted by atomic mass is 32.2. The second-order valence-electron chi connectivity index (χ2n) is 8.41. The molecule has 0 spiro atoms. The molecule has 1 saturated heterocycles. The summed E-state index contributed by atoms with van der Waals surface area (Å²) in [5.41, 5.74) is 9.70. The second kappa shape index (κ2) is 9.76. The van der Waals surface area contributed by atoms with Crippen molar-refractivity contribution < 1.29 is 9.53 Å². The monoisotopic (exact) mass is 477 g/mol. The SMILES string of the molecule is COc1ccc(-c2cc[nH]c2)c(Sc2nc3c(N)ncnc3n2CCC2CCN(C=O)CC2)c1. The minimum atomic E-state index is 0.376. The molecule has 5 rings (SSSR count). The Balaban J connectivity index is 1.48. The van der Waals surface area contributed by atoms with Gasteiger partial charge in [0.25, 0.3) is 0 Å². The molecule has 1 aromatic carbocycles. The highest BCUT2D eigenvalue weighted by Crippen LogP contribution is 2.39. The van der Waals surface area contributed by atoms with Crippen molar-refractivity contribution in [2.45, 2.75) is 35.9 Å². The summed E-state index contributed by atoms with van der Waals surface area (Å²) in [5.74, 6) is 1.71. The first-order chi connectivity index (χ1) is 16.7. The van der Waals surface area contributed by atoms with Crippen LogP contribution in [0.15, 0.2) is 53.0 Å². The third-order valence-corrected chi connectivity index (χ3v) is 7.44. The number of aromatic amines is 1. The number of aromatic nitrogens is 5. The number of imidazole rings is 1. The summed E-state index contributed by atoms with van der Waals surface area (Å²) >= 11 is 1.57. The predicted molar refractivity (Wildman–Crippen MR) is 132 cm³/mol. The number of nitrogens with two attached hydrogens (primary N) is 1. The summed E-state index contributed by atoms with van der Waals surface area (Å²) in [6.45, 7) is 2.41. The van der Waals surface area contributed by atoms with Crippen molar-refractivity contribution in [1.82, 2.24) is 29.4 Å². The van der Waals surface area contributed by atoms with Crippen molar-refractivity contribution in [3.63, 3.8) is 0 Å². The zero-order chi connectivity index (χ0) is 23.5. The number of carbonyl (C=O) groups excluding carboxylic acids is 1. The number of ether oxygens (including phenoxy) is 1. The highest BCUT2D eigenvalue weighted by molar-refractivity contribution is 7.99. The van der Waals surface area contributed by atoms with Crippen LogP contribution in [-0.2, 0) is 11.3 Å². The molecular weight excluding hydrogens is 450 g/mol. The first-order valence-corrected chi connectivity index (χ1v) is 12.1. The van der Waals surface area contributed by atoms with E-state index in [9.17, 15) is 4.79 Å². The Hall–Kier alpha value is -3.53. The smallest absolute Gasteiger partial charge is 0.209 e. The van der Waals surface area contributed by atoms with E-state index in [-0.39, 0.29) is 0 Å². The fourth-order valence-corrected chi connectivity index (χ4v) is 5.51. The number of nitrogen functional groups attached to an aromatic ring is 1. The Morgan fingerprint density at radius 1 is 1.26 bits per heavy atom. The maximum atomic E-state index is 11.0. The second-order valence-corrected chi connectivity index (χ2v) is 9.42. The Kier molecular flexibility index (Phi) is 6.39. The third-order valence-electron chi connectivity index (χ3n) is 6.38. The maximum absolute atomic E-state index is 11.0. The van der Waals surface area contributed by atoms with Crippen molar-refractivity contribution >= 4 is 35.2 Å². The minimum absolute atomic E-state index is 0.376. The number of nitrogens with zero attached hydrogens (tertiary/aromatic N) is 5. The van der Waals surface area contributed by atoms with Gasteiger partial charge in [-0.1, -0.05) is 11.8 Å². The van der Waals surface area contributed by atoms with E-state index < -0.39 is 0 Å². The van der Waals surface area contributed by atoms with Gasteiger partial charge in [0.2, 0.25) is 6.41 Å². The first-order valence-electron chi connectivity index (χ1n) is 11.3. The number of fused-ring (bicyclic) bond motifs is 1. The molecule has 4 aromatic rings. The average Bonchev–Trinajstić information content (AvgIpc) is 3.52. The lowest BCUT2D eigenvalue weighted by Crippen LogP contribution is -2.32. The van der Waals surface area contributed by atoms with Gasteiger partial charge >= 0.3 is 0 Å². The lowest BCUT2D eigenvalue weighted by Gasteiger charge is -2.29. The fraction of sp³-hybridized carbons (Fsp3) is 0.333. The van der Waals surface area contributed by atoms with Gasteiger partial charge in [-0.3, -0.25) is 4.79 Å². The van der Waals surface area contributed by atoms with Crippen LogP contribution < -0.4 is 10.5 Å². The number of hydrogen-bond donors (Lipinski definition) is 2. The van der Waals surface area contributed by atoms with Gasteiger partial charge in [0.15, 0.2) is 22.1 Å². The van der Waals surface area contributed by atoms with Gasteiger partial charge in [-0.05, 0) is 55.0 Å². The molecule has 34 heavy (non-hydrogen) atoms. The van der Waals surface area contributed by atoms with Crippen LogP contribution >= 0.6 is 11.8 Å². The van der Waals surface area contributed by atoms with E-state index in [0.29, 0.717) is 17.3 Å². The van der Waals surface area contributed by atoms with Gasteiger partial charge in [-0.2, -0.15) is 0 Å². The Morgan fingerprint density at radius 2 is 2.12 bits per heavy atom. The molecule has 176 valence electrons. The molecule has 0 saturated carbocycles. The number of anilines is 1. The molecular formula is C24H27N7O2S. The third kappa shape index (κ3) is 4.45. The summed E-state index contributed by atoms with van der Waals surface area (Å²) in [7, 11) is 1.67. The van der Waals surface area contributed by atoms with Crippen molar-refractivity contribution in [3.8, 4) is 16.9 Å². The number of nitrogens with one attached hydrogen (secondary N) is 1. The van der Waals surface area contributed by atoms with Gasteiger partial charge in [-0.15, -0.1) is 0 Å². The van der Waals surface area contributed by atoms with Crippen LogP contribution in [0.1, 0.15) is 19.3 Å². The first kappa shape index (κ1) is 22.3. The largest absolute Gasteiger partial charge is 0.497 e. The standard InChI is InChI=1S/C24H27N7O2S/c1-33-18-2-3-19(17-4-8-26-13-17)20(12-18)34-24-29-21-22(25)27-14-28-23(21)31(24)11-7-16-5-9-30(15-32)10-6-16/h2-4,8,12-16,26H,5-7,9-11H2,1H3,(H2,25,27,28). The molecule has 1 fully saturated rings. The molecule has 9 nitrogen and oxygen atoms in total. The number of H-pyrrole nitrogens is 1. The van der Waals surface area contributed by atoms with E-state index in [1.165, 1.54) is 6.33 Å². The van der Waals surface area contributed by atoms with Crippen molar-refractivity contribution in [1.29, 1.82) is 0 Å². The minimum Gasteiger partial charge on any atom is -0.497 e. The summed E-state index contributed by atoms with van der Waals surface area (Å²) < 4.78 is 7.64. The van der Waals surface area contributed by atoms with Gasteiger partial charge in [0, 0.05) is 42.5 Å². The molecule has 3 aromatic heterocycles. The lowest BCUT2D eigenvalue weighted by atomic mass is 9.94. The normalized spacial score (nSPS) is 14.6. The number of hydrogen-bond acceptors (Lipinski definition) is 7. The van der Waals surface area contributed by atoms with Gasteiger partial charge in [-0.25, -0.2) is 15.0 Å². The van der Waals surface area contributed by atoms with Crippen LogP contribution in [0.5, 0.6) is 5.75 Å². The van der Waals surface area contributed by atoms with Crippen LogP contribution in [0.3, 0.4) is 0 Å². The van der Waals surface area contributed by atoms with Crippen LogP contribution in [0.4, 0.5) is 5.82 Å². The molecule has 1 aliphatic rings. The van der Waals surface area contributed by atoms with E-state index in [2.05, 4.69) is 25.6 Å². The number of methoxy groups -OCH3 is 1. The molecule has 0 bridgehead atoms. The molecule has 0 atom stereocenters. The Labute approximate surface area is 201 Å². The zero-order valence-corrected chi connectivity index (χ0v) is 19.8. The molecule has 4 heterocycles. The van der Waals surface area contributed by atoms with Crippen molar-refractivity contribution in [2.75, 3.05) is 25.9 Å². The number of benzene rings is 1. The number of likely N-dealkylation sites (tertiary alicyclic amines) is 1. The lowest BCUT2D eigenvalue weighted by molar-refractivity contribution is -0.119. The van der Waals surface area contributed by atoms with Crippen LogP contribution in [0.25, 0.3) is 22.3 Å². The number of amides is 1.